The average molecular weight is 469 g/mol. The largest absolute Gasteiger partial charge is 0.374 e. The second-order valence-corrected chi connectivity index (χ2v) is 9.25. The minimum atomic E-state index is -2.72. The quantitative estimate of drug-likeness (QED) is 0.341. The molecule has 1 aromatic rings. The van der Waals surface area contributed by atoms with Crippen LogP contribution in [-0.2, 0) is 20.3 Å². The van der Waals surface area contributed by atoms with Crippen LogP contribution in [0.15, 0.2) is 24.8 Å². The highest BCUT2D eigenvalue weighted by Gasteiger charge is 2.35. The molecule has 4 rings (SSSR count). The molecule has 2 amide bonds. The lowest BCUT2D eigenvalue weighted by atomic mass is 10.1. The highest BCUT2D eigenvalue weighted by molar-refractivity contribution is 7.73. The monoisotopic (exact) mass is 468 g/mol. The van der Waals surface area contributed by atoms with Crippen molar-refractivity contribution in [1.29, 1.82) is 0 Å². The fraction of sp³-hybridized carbons (Fsp3) is 0.474. The maximum Gasteiger partial charge on any atom is 0.246 e. The zero-order valence-corrected chi connectivity index (χ0v) is 18.5. The fourth-order valence-electron chi connectivity index (χ4n) is 4.06. The van der Waals surface area contributed by atoms with E-state index in [1.54, 1.807) is 17.0 Å². The molecule has 3 aliphatic heterocycles. The molecule has 0 aliphatic carbocycles. The number of carbonyl (C=O) groups is 2. The summed E-state index contributed by atoms with van der Waals surface area (Å²) in [7, 11) is -2.72. The first-order valence-electron chi connectivity index (χ1n) is 10.0. The van der Waals surface area contributed by atoms with Gasteiger partial charge in [-0.1, -0.05) is 18.2 Å². The van der Waals surface area contributed by atoms with Crippen LogP contribution in [0.4, 0.5) is 17.1 Å². The van der Waals surface area contributed by atoms with Crippen LogP contribution in [0, 0.1) is 0 Å². The first kappa shape index (κ1) is 21.7. The molecule has 0 bridgehead atoms. The highest BCUT2D eigenvalue weighted by atomic mass is 35.5. The zero-order chi connectivity index (χ0) is 22.1. The third kappa shape index (κ3) is 4.58. The number of amides is 2. The Kier molecular flexibility index (Phi) is 6.26. The fourth-order valence-corrected chi connectivity index (χ4v) is 4.75. The van der Waals surface area contributed by atoms with Crippen LogP contribution in [0.2, 0.25) is 5.02 Å². The number of nitrogens with zero attached hydrogens (tertiary/aromatic N) is 3. The summed E-state index contributed by atoms with van der Waals surface area (Å²) in [6.45, 7) is 7.78. The number of nitrogens with one attached hydrogen (secondary N) is 3. The summed E-state index contributed by atoms with van der Waals surface area (Å²) in [6, 6.07) is 3.64. The standard InChI is InChI=1S/C19H25ClN6O4S/c1-2-16(27)26-10-13(11-26)24-3-5-25(6-4-24)17(28)9-21-14-7-12(20)8-15-18(14)23-19(22-15)31(29)30/h2,7-8,13,19,21-23,31H,1,3-6,9-11H2. The second-order valence-electron chi connectivity index (χ2n) is 7.72. The number of thiol groups is 1. The van der Waals surface area contributed by atoms with E-state index in [0.717, 1.165) is 13.1 Å². The Morgan fingerprint density at radius 2 is 1.87 bits per heavy atom. The predicted molar refractivity (Wildman–Crippen MR) is 120 cm³/mol. The SMILES string of the molecule is C=CC(=O)N1CC(N2CCN(C(=O)CNc3cc(Cl)cc4c3NC([SH](=O)=O)N4)CC2)C1. The van der Waals surface area contributed by atoms with E-state index in [2.05, 4.69) is 27.4 Å². The van der Waals surface area contributed by atoms with Crippen LogP contribution in [0.1, 0.15) is 0 Å². The number of carbonyl (C=O) groups excluding carboxylic acids is 2. The normalized spacial score (nSPS) is 21.2. The van der Waals surface area contributed by atoms with Crippen LogP contribution in [0.5, 0.6) is 0 Å². The van der Waals surface area contributed by atoms with Gasteiger partial charge in [0.2, 0.25) is 11.8 Å². The Morgan fingerprint density at radius 3 is 2.52 bits per heavy atom. The van der Waals surface area contributed by atoms with Gasteiger partial charge in [0.15, 0.2) is 16.2 Å². The number of piperazine rings is 1. The molecule has 0 saturated carbocycles. The number of benzene rings is 1. The van der Waals surface area contributed by atoms with Gasteiger partial charge in [0, 0.05) is 50.3 Å². The van der Waals surface area contributed by atoms with Gasteiger partial charge in [-0.25, -0.2) is 8.42 Å². The number of fused-ring (bicyclic) bond motifs is 1. The van der Waals surface area contributed by atoms with Crippen molar-refractivity contribution >= 4 is 51.2 Å². The molecule has 0 spiro atoms. The van der Waals surface area contributed by atoms with Gasteiger partial charge in [-0.2, -0.15) is 0 Å². The van der Waals surface area contributed by atoms with Gasteiger partial charge in [0.05, 0.1) is 23.6 Å². The topological polar surface area (TPSA) is 114 Å². The van der Waals surface area contributed by atoms with Crippen LogP contribution < -0.4 is 16.0 Å². The molecule has 1 aromatic carbocycles. The van der Waals surface area contributed by atoms with Gasteiger partial charge >= 0.3 is 0 Å². The molecule has 1 unspecified atom stereocenters. The summed E-state index contributed by atoms with van der Waals surface area (Å²) in [4.78, 5) is 30.1. The smallest absolute Gasteiger partial charge is 0.246 e. The van der Waals surface area contributed by atoms with Crippen LogP contribution in [0.3, 0.4) is 0 Å². The number of halogens is 1. The maximum atomic E-state index is 12.7. The molecule has 1 atom stereocenters. The van der Waals surface area contributed by atoms with Gasteiger partial charge in [-0.3, -0.25) is 14.5 Å². The predicted octanol–water partition coefficient (Wildman–Crippen LogP) is 0.0253. The van der Waals surface area contributed by atoms with Crippen LogP contribution in [-0.4, -0.2) is 92.3 Å². The molecule has 3 aliphatic rings. The molecule has 2 saturated heterocycles. The van der Waals surface area contributed by atoms with Crippen molar-refractivity contribution in [1.82, 2.24) is 14.7 Å². The summed E-state index contributed by atoms with van der Waals surface area (Å²) >= 11 is 6.13. The number of hydrogen-bond donors (Lipinski definition) is 4. The first-order chi connectivity index (χ1) is 14.9. The molecule has 10 nitrogen and oxygen atoms in total. The Morgan fingerprint density at radius 1 is 1.16 bits per heavy atom. The number of likely N-dealkylation sites (tertiary alicyclic amines) is 1. The van der Waals surface area contributed by atoms with E-state index in [1.807, 2.05) is 4.90 Å². The molecule has 31 heavy (non-hydrogen) atoms. The van der Waals surface area contributed by atoms with E-state index in [9.17, 15) is 18.0 Å². The third-order valence-electron chi connectivity index (χ3n) is 5.85. The van der Waals surface area contributed by atoms with Crippen LogP contribution in [0.25, 0.3) is 0 Å². The van der Waals surface area contributed by atoms with Crippen molar-refractivity contribution in [3.05, 3.63) is 29.8 Å². The summed E-state index contributed by atoms with van der Waals surface area (Å²) in [6.07, 6.45) is 1.33. The molecular formula is C19H25ClN6O4S. The van der Waals surface area contributed by atoms with E-state index in [4.69, 9.17) is 11.6 Å². The van der Waals surface area contributed by atoms with E-state index >= 15 is 0 Å². The molecule has 168 valence electrons. The molecule has 2 fully saturated rings. The highest BCUT2D eigenvalue weighted by Crippen LogP contribution is 2.39. The molecule has 0 radical (unpaired) electrons. The van der Waals surface area contributed by atoms with Crippen molar-refractivity contribution in [2.75, 3.05) is 61.8 Å². The summed E-state index contributed by atoms with van der Waals surface area (Å²) in [5.74, 6) is -0.0791. The van der Waals surface area contributed by atoms with Gasteiger partial charge in [-0.05, 0) is 18.2 Å². The maximum absolute atomic E-state index is 12.7. The number of anilines is 3. The molecule has 3 heterocycles. The molecule has 3 N–H and O–H groups in total. The minimum Gasteiger partial charge on any atom is -0.374 e. The third-order valence-corrected chi connectivity index (χ3v) is 6.75. The first-order valence-corrected chi connectivity index (χ1v) is 11.7. The second kappa shape index (κ2) is 8.93. The van der Waals surface area contributed by atoms with Gasteiger partial charge in [-0.15, -0.1) is 0 Å². The van der Waals surface area contributed by atoms with Crippen molar-refractivity contribution in [3.63, 3.8) is 0 Å². The Bertz CT molecular complexity index is 964. The van der Waals surface area contributed by atoms with E-state index in [1.165, 1.54) is 6.08 Å². The van der Waals surface area contributed by atoms with Gasteiger partial charge in [0.25, 0.3) is 0 Å². The van der Waals surface area contributed by atoms with E-state index in [0.29, 0.717) is 54.3 Å². The van der Waals surface area contributed by atoms with E-state index < -0.39 is 16.2 Å². The van der Waals surface area contributed by atoms with Crippen molar-refractivity contribution < 1.29 is 18.0 Å². The van der Waals surface area contributed by atoms with Gasteiger partial charge in [0.1, 0.15) is 0 Å². The van der Waals surface area contributed by atoms with Crippen molar-refractivity contribution in [2.24, 2.45) is 0 Å². The lowest BCUT2D eigenvalue weighted by Gasteiger charge is -2.47. The minimum absolute atomic E-state index is 0.0390. The Labute approximate surface area is 187 Å². The lowest BCUT2D eigenvalue weighted by Crippen LogP contribution is -2.64. The summed E-state index contributed by atoms with van der Waals surface area (Å²) < 4.78 is 22.6. The summed E-state index contributed by atoms with van der Waals surface area (Å²) in [5.41, 5.74) is 0.819. The lowest BCUT2D eigenvalue weighted by molar-refractivity contribution is -0.135. The molecular weight excluding hydrogens is 444 g/mol. The molecule has 0 aromatic heterocycles. The van der Waals surface area contributed by atoms with Gasteiger partial charge < -0.3 is 25.8 Å². The number of rotatable bonds is 6. The number of hydrogen-bond acceptors (Lipinski definition) is 8. The summed E-state index contributed by atoms with van der Waals surface area (Å²) in [5, 5.41) is 9.24. The van der Waals surface area contributed by atoms with E-state index in [-0.39, 0.29) is 18.4 Å². The van der Waals surface area contributed by atoms with Crippen molar-refractivity contribution in [3.8, 4) is 0 Å². The van der Waals surface area contributed by atoms with Crippen LogP contribution >= 0.6 is 11.6 Å². The van der Waals surface area contributed by atoms with Crippen molar-refractivity contribution in [2.45, 2.75) is 11.5 Å². The zero-order valence-electron chi connectivity index (χ0n) is 16.8. The average Bonchev–Trinajstić information content (AvgIpc) is 3.15. The Hall–Kier alpha value is -2.50. The molecule has 12 heteroatoms. The Balaban J connectivity index is 1.27.